The summed E-state index contributed by atoms with van der Waals surface area (Å²) in [6.45, 7) is 3.08. The topological polar surface area (TPSA) is 65.8 Å². The van der Waals surface area contributed by atoms with Crippen LogP contribution in [0.15, 0.2) is 48.0 Å². The van der Waals surface area contributed by atoms with Crippen LogP contribution in [0.25, 0.3) is 28.2 Å². The highest BCUT2D eigenvalue weighted by Crippen LogP contribution is 2.46. The third-order valence-corrected chi connectivity index (χ3v) is 9.94. The van der Waals surface area contributed by atoms with Crippen LogP contribution in [0.2, 0.25) is 0 Å². The number of carbonyl (C=O) groups excluding carboxylic acids is 1. The molecule has 41 heavy (non-hydrogen) atoms. The van der Waals surface area contributed by atoms with Crippen LogP contribution in [-0.4, -0.2) is 69.7 Å². The minimum Gasteiger partial charge on any atom is -0.478 e. The number of hydrogen-bond donors (Lipinski definition) is 1. The van der Waals surface area contributed by atoms with Crippen LogP contribution < -0.4 is 0 Å². The summed E-state index contributed by atoms with van der Waals surface area (Å²) in [5.74, 6) is -0.481. The van der Waals surface area contributed by atoms with E-state index in [2.05, 4.69) is 33.7 Å². The summed E-state index contributed by atoms with van der Waals surface area (Å²) in [4.78, 5) is 30.3. The van der Waals surface area contributed by atoms with Crippen molar-refractivity contribution >= 4 is 28.9 Å². The second-order valence-corrected chi connectivity index (χ2v) is 12.4. The molecular weight excluding hydrogens is 517 g/mol. The highest BCUT2D eigenvalue weighted by molar-refractivity contribution is 6.03. The summed E-state index contributed by atoms with van der Waals surface area (Å²) in [7, 11) is 0. The summed E-state index contributed by atoms with van der Waals surface area (Å²) in [5, 5.41) is 10.9. The van der Waals surface area contributed by atoms with Gasteiger partial charge < -0.3 is 14.6 Å². The molecule has 0 radical (unpaired) electrons. The van der Waals surface area contributed by atoms with Crippen LogP contribution in [-0.2, 0) is 11.3 Å². The number of halogens is 1. The van der Waals surface area contributed by atoms with Crippen molar-refractivity contribution < 1.29 is 19.1 Å². The molecule has 7 heteroatoms. The molecule has 1 aromatic heterocycles. The maximum atomic E-state index is 14.1. The zero-order valence-electron chi connectivity index (χ0n) is 23.5. The SMILES string of the molecule is O=C(O)c1ccc2c(C3CCCCC3)c3n(c2c1)CC(C(=O)N1CCC(N2CC[C@@H](F)C2)CC1)=Cc1ccccc1-3. The Morgan fingerprint density at radius 1 is 0.902 bits per heavy atom. The molecule has 1 atom stereocenters. The Labute approximate surface area is 240 Å². The van der Waals surface area contributed by atoms with Gasteiger partial charge in [-0.2, -0.15) is 0 Å². The lowest BCUT2D eigenvalue weighted by Crippen LogP contribution is -2.46. The molecule has 1 aliphatic carbocycles. The second-order valence-electron chi connectivity index (χ2n) is 12.4. The van der Waals surface area contributed by atoms with E-state index in [9.17, 15) is 19.1 Å². The molecular formula is C34H38FN3O3. The molecule has 3 aromatic rings. The molecule has 6 nitrogen and oxygen atoms in total. The van der Waals surface area contributed by atoms with Gasteiger partial charge in [-0.05, 0) is 67.4 Å². The van der Waals surface area contributed by atoms with Crippen molar-refractivity contribution in [2.24, 2.45) is 0 Å². The Hall–Kier alpha value is -3.45. The summed E-state index contributed by atoms with van der Waals surface area (Å²) in [5.41, 5.74) is 6.48. The van der Waals surface area contributed by atoms with Crippen LogP contribution in [0, 0.1) is 0 Å². The third-order valence-electron chi connectivity index (χ3n) is 9.94. The van der Waals surface area contributed by atoms with Gasteiger partial charge >= 0.3 is 5.97 Å². The van der Waals surface area contributed by atoms with Crippen molar-refractivity contribution in [2.45, 2.75) is 76.0 Å². The first kappa shape index (κ1) is 26.4. The molecule has 214 valence electrons. The zero-order chi connectivity index (χ0) is 28.1. The third kappa shape index (κ3) is 4.78. The number of nitrogens with zero attached hydrogens (tertiary/aromatic N) is 3. The van der Waals surface area contributed by atoms with Crippen LogP contribution in [0.1, 0.15) is 78.8 Å². The zero-order valence-corrected chi connectivity index (χ0v) is 23.5. The first-order chi connectivity index (χ1) is 20.0. The van der Waals surface area contributed by atoms with Crippen molar-refractivity contribution in [1.82, 2.24) is 14.4 Å². The van der Waals surface area contributed by atoms with E-state index >= 15 is 0 Å². The fourth-order valence-corrected chi connectivity index (χ4v) is 7.85. The normalized spacial score (nSPS) is 22.3. The van der Waals surface area contributed by atoms with Crippen molar-refractivity contribution in [3.05, 3.63) is 64.7 Å². The van der Waals surface area contributed by atoms with Crippen molar-refractivity contribution in [1.29, 1.82) is 0 Å². The van der Waals surface area contributed by atoms with E-state index in [-0.39, 0.29) is 11.5 Å². The average Bonchev–Trinajstić information content (AvgIpc) is 3.52. The molecule has 3 fully saturated rings. The molecule has 1 amide bonds. The van der Waals surface area contributed by atoms with E-state index in [1.807, 2.05) is 17.0 Å². The Balaban J connectivity index is 1.28. The van der Waals surface area contributed by atoms with E-state index < -0.39 is 12.1 Å². The number of carbonyl (C=O) groups is 2. The van der Waals surface area contributed by atoms with Crippen LogP contribution >= 0.6 is 0 Å². The van der Waals surface area contributed by atoms with Gasteiger partial charge in [0, 0.05) is 54.3 Å². The van der Waals surface area contributed by atoms with Gasteiger partial charge in [-0.25, -0.2) is 9.18 Å². The van der Waals surface area contributed by atoms with Gasteiger partial charge in [-0.3, -0.25) is 9.69 Å². The van der Waals surface area contributed by atoms with Gasteiger partial charge in [0.1, 0.15) is 6.17 Å². The number of piperidine rings is 1. The van der Waals surface area contributed by atoms with Gasteiger partial charge in [0.15, 0.2) is 0 Å². The number of aromatic carboxylic acids is 1. The largest absolute Gasteiger partial charge is 0.478 e. The molecule has 3 aliphatic heterocycles. The number of carboxylic acid groups (broad SMARTS) is 1. The highest BCUT2D eigenvalue weighted by atomic mass is 19.1. The molecule has 1 N–H and O–H groups in total. The molecule has 0 unspecified atom stereocenters. The molecule has 4 aliphatic rings. The Kier molecular flexibility index (Phi) is 6.93. The van der Waals surface area contributed by atoms with Crippen molar-refractivity contribution in [3.8, 4) is 11.3 Å². The van der Waals surface area contributed by atoms with Gasteiger partial charge in [0.25, 0.3) is 5.91 Å². The summed E-state index contributed by atoms with van der Waals surface area (Å²) < 4.78 is 16.0. The molecule has 4 heterocycles. The van der Waals surface area contributed by atoms with Gasteiger partial charge in [-0.15, -0.1) is 0 Å². The monoisotopic (exact) mass is 555 g/mol. The van der Waals surface area contributed by atoms with Crippen LogP contribution in [0.3, 0.4) is 0 Å². The number of hydrogen-bond acceptors (Lipinski definition) is 3. The molecule has 1 saturated carbocycles. The predicted octanol–water partition coefficient (Wildman–Crippen LogP) is 6.49. The van der Waals surface area contributed by atoms with Gasteiger partial charge in [-0.1, -0.05) is 49.6 Å². The van der Waals surface area contributed by atoms with Crippen molar-refractivity contribution in [3.63, 3.8) is 0 Å². The summed E-state index contributed by atoms with van der Waals surface area (Å²) >= 11 is 0. The highest BCUT2D eigenvalue weighted by Gasteiger charge is 2.34. The summed E-state index contributed by atoms with van der Waals surface area (Å²) in [6.07, 6.45) is 9.60. The Morgan fingerprint density at radius 2 is 1.68 bits per heavy atom. The maximum absolute atomic E-state index is 14.1. The number of benzene rings is 2. The number of alkyl halides is 1. The maximum Gasteiger partial charge on any atom is 0.335 e. The number of amides is 1. The standard InChI is InChI=1S/C34H38FN3O3/c35-26-12-15-37(21-26)27-13-16-36(17-14-27)33(39)25-18-23-8-4-5-9-28(23)32-31(22-6-2-1-3-7-22)29-11-10-24(34(40)41)19-30(29)38(32)20-25/h4-5,8-11,18-19,22,26-27H,1-3,6-7,12-17,20-21H2,(H,40,41)/t26-/m1/s1. The molecule has 2 aromatic carbocycles. The lowest BCUT2D eigenvalue weighted by atomic mass is 9.81. The smallest absolute Gasteiger partial charge is 0.335 e. The molecule has 2 saturated heterocycles. The van der Waals surface area contributed by atoms with Crippen molar-refractivity contribution in [2.75, 3.05) is 26.2 Å². The number of rotatable bonds is 4. The van der Waals surface area contributed by atoms with Crippen LogP contribution in [0.4, 0.5) is 4.39 Å². The van der Waals surface area contributed by atoms with E-state index in [4.69, 9.17) is 0 Å². The minimum atomic E-state index is -0.942. The average molecular weight is 556 g/mol. The number of fused-ring (bicyclic) bond motifs is 5. The molecule has 7 rings (SSSR count). The summed E-state index contributed by atoms with van der Waals surface area (Å²) in [6, 6.07) is 14.2. The van der Waals surface area contributed by atoms with E-state index in [1.165, 1.54) is 24.8 Å². The van der Waals surface area contributed by atoms with Gasteiger partial charge in [0.2, 0.25) is 0 Å². The lowest BCUT2D eigenvalue weighted by Gasteiger charge is -2.37. The van der Waals surface area contributed by atoms with E-state index in [1.54, 1.807) is 12.1 Å². The molecule has 0 spiro atoms. The van der Waals surface area contributed by atoms with Crippen LogP contribution in [0.5, 0.6) is 0 Å². The number of carboxylic acids is 1. The second kappa shape index (κ2) is 10.8. The molecule has 0 bridgehead atoms. The Morgan fingerprint density at radius 3 is 2.41 bits per heavy atom. The predicted molar refractivity (Wildman–Crippen MR) is 159 cm³/mol. The lowest BCUT2D eigenvalue weighted by molar-refractivity contribution is -0.128. The quantitative estimate of drug-likeness (QED) is 0.400. The van der Waals surface area contributed by atoms with E-state index in [0.29, 0.717) is 44.6 Å². The fourth-order valence-electron chi connectivity index (χ4n) is 7.85. The number of likely N-dealkylation sites (tertiary alicyclic amines) is 2. The first-order valence-electron chi connectivity index (χ1n) is 15.3. The van der Waals surface area contributed by atoms with Gasteiger partial charge in [0.05, 0.1) is 17.8 Å². The first-order valence-corrected chi connectivity index (χ1v) is 15.3. The number of aromatic nitrogens is 1. The fraction of sp³-hybridized carbons (Fsp3) is 0.471. The Bertz CT molecular complexity index is 1530. The van der Waals surface area contributed by atoms with E-state index in [0.717, 1.165) is 65.5 Å². The minimum absolute atomic E-state index is 0.0475.